The molecule has 0 aliphatic carbocycles. The first-order chi connectivity index (χ1) is 12.2. The lowest BCUT2D eigenvalue weighted by Crippen LogP contribution is -2.38. The molecule has 0 amide bonds. The fourth-order valence-electron chi connectivity index (χ4n) is 3.00. The molecule has 0 bridgehead atoms. The van der Waals surface area contributed by atoms with Crippen LogP contribution in [0.5, 0.6) is 0 Å². The Bertz CT molecular complexity index is 953. The number of hydrogen-bond acceptors (Lipinski definition) is 6. The average molecular weight is 337 g/mol. The van der Waals surface area contributed by atoms with Gasteiger partial charge in [-0.2, -0.15) is 5.26 Å². The number of aromatic nitrogens is 4. The Morgan fingerprint density at radius 2 is 2.28 bits per heavy atom. The van der Waals surface area contributed by atoms with E-state index in [-0.39, 0.29) is 17.6 Å². The van der Waals surface area contributed by atoms with Gasteiger partial charge < -0.3 is 10.6 Å². The second kappa shape index (κ2) is 6.45. The van der Waals surface area contributed by atoms with Gasteiger partial charge in [0.2, 0.25) is 0 Å². The van der Waals surface area contributed by atoms with E-state index in [1.807, 2.05) is 0 Å². The molecule has 7 nitrogen and oxygen atoms in total. The van der Waals surface area contributed by atoms with Crippen LogP contribution in [0.15, 0.2) is 30.6 Å². The molecule has 1 atom stereocenters. The lowest BCUT2D eigenvalue weighted by Gasteiger charge is -2.24. The van der Waals surface area contributed by atoms with E-state index in [4.69, 9.17) is 0 Å². The quantitative estimate of drug-likeness (QED) is 0.759. The van der Waals surface area contributed by atoms with Crippen molar-refractivity contribution >= 4 is 11.5 Å². The van der Waals surface area contributed by atoms with E-state index in [9.17, 15) is 9.65 Å². The third kappa shape index (κ3) is 3.14. The van der Waals surface area contributed by atoms with Crippen LogP contribution in [0.1, 0.15) is 18.5 Å². The van der Waals surface area contributed by atoms with Crippen molar-refractivity contribution in [3.63, 3.8) is 0 Å². The third-order valence-corrected chi connectivity index (χ3v) is 4.19. The molecule has 3 aromatic rings. The molecular formula is C17H16FN7. The zero-order chi connectivity index (χ0) is 17.2. The zero-order valence-corrected chi connectivity index (χ0v) is 13.4. The molecule has 2 N–H and O–H groups in total. The Morgan fingerprint density at radius 3 is 3.08 bits per heavy atom. The van der Waals surface area contributed by atoms with Crippen LogP contribution in [0.25, 0.3) is 17.2 Å². The van der Waals surface area contributed by atoms with Crippen LogP contribution in [0.3, 0.4) is 0 Å². The second-order valence-electron chi connectivity index (χ2n) is 5.98. The van der Waals surface area contributed by atoms with Gasteiger partial charge in [-0.15, -0.1) is 0 Å². The molecule has 3 aromatic heterocycles. The summed E-state index contributed by atoms with van der Waals surface area (Å²) in [7, 11) is 0. The predicted octanol–water partition coefficient (Wildman–Crippen LogP) is 1.97. The Balaban J connectivity index is 1.74. The standard InChI is InChI=1S/C17H16FN7/c18-11-3-4-16-21-9-14(25(16)10-11)17-23-13(7-19)6-15(24-17)22-12-2-1-5-20-8-12/h3-4,6,9-10,12,20H,1-2,5,8H2,(H,22,23,24). The summed E-state index contributed by atoms with van der Waals surface area (Å²) in [6, 6.07) is 6.87. The maximum absolute atomic E-state index is 13.6. The minimum Gasteiger partial charge on any atom is -0.366 e. The molecule has 0 radical (unpaired) electrons. The number of nitrogens with zero attached hydrogens (tertiary/aromatic N) is 5. The number of halogens is 1. The lowest BCUT2D eigenvalue weighted by molar-refractivity contribution is 0.479. The number of fused-ring (bicyclic) bond motifs is 1. The van der Waals surface area contributed by atoms with Gasteiger partial charge in [0.25, 0.3) is 0 Å². The van der Waals surface area contributed by atoms with E-state index in [2.05, 4.69) is 31.7 Å². The lowest BCUT2D eigenvalue weighted by atomic mass is 10.1. The Morgan fingerprint density at radius 1 is 1.36 bits per heavy atom. The molecule has 0 spiro atoms. The molecule has 0 aromatic carbocycles. The van der Waals surface area contributed by atoms with Gasteiger partial charge in [-0.3, -0.25) is 4.40 Å². The number of anilines is 1. The van der Waals surface area contributed by atoms with Gasteiger partial charge >= 0.3 is 0 Å². The molecule has 1 aliphatic heterocycles. The van der Waals surface area contributed by atoms with Gasteiger partial charge in [0.05, 0.1) is 6.20 Å². The number of imidazole rings is 1. The number of rotatable bonds is 3. The van der Waals surface area contributed by atoms with E-state index < -0.39 is 0 Å². The average Bonchev–Trinajstić information content (AvgIpc) is 3.05. The van der Waals surface area contributed by atoms with Gasteiger partial charge in [-0.05, 0) is 31.5 Å². The summed E-state index contributed by atoms with van der Waals surface area (Å²) >= 11 is 0. The van der Waals surface area contributed by atoms with Gasteiger partial charge in [-0.25, -0.2) is 19.3 Å². The van der Waals surface area contributed by atoms with Gasteiger partial charge in [-0.1, -0.05) is 0 Å². The molecule has 25 heavy (non-hydrogen) atoms. The normalized spacial score (nSPS) is 17.4. The minimum absolute atomic E-state index is 0.252. The Hall–Kier alpha value is -3.05. The molecular weight excluding hydrogens is 321 g/mol. The highest BCUT2D eigenvalue weighted by Gasteiger charge is 2.16. The van der Waals surface area contributed by atoms with Crippen molar-refractivity contribution < 1.29 is 4.39 Å². The fraction of sp³-hybridized carbons (Fsp3) is 0.294. The summed E-state index contributed by atoms with van der Waals surface area (Å²) in [5.74, 6) is 0.542. The molecule has 1 saturated heterocycles. The number of pyridine rings is 1. The van der Waals surface area contributed by atoms with Crippen molar-refractivity contribution in [3.8, 4) is 17.6 Å². The number of hydrogen-bond donors (Lipinski definition) is 2. The first kappa shape index (κ1) is 15.5. The number of nitrogens with one attached hydrogen (secondary N) is 2. The molecule has 4 heterocycles. The minimum atomic E-state index is -0.380. The van der Waals surface area contributed by atoms with Gasteiger partial charge in [0, 0.05) is 24.8 Å². The Labute approximate surface area is 143 Å². The van der Waals surface area contributed by atoms with E-state index in [1.165, 1.54) is 12.3 Å². The van der Waals surface area contributed by atoms with Crippen molar-refractivity contribution in [2.75, 3.05) is 18.4 Å². The van der Waals surface area contributed by atoms with Gasteiger partial charge in [0.15, 0.2) is 5.82 Å². The second-order valence-corrected chi connectivity index (χ2v) is 5.98. The molecule has 8 heteroatoms. The summed E-state index contributed by atoms with van der Waals surface area (Å²) in [5, 5.41) is 16.0. The molecule has 0 saturated carbocycles. The third-order valence-electron chi connectivity index (χ3n) is 4.19. The van der Waals surface area contributed by atoms with Gasteiger partial charge in [0.1, 0.15) is 34.7 Å². The van der Waals surface area contributed by atoms with Crippen LogP contribution >= 0.6 is 0 Å². The SMILES string of the molecule is N#Cc1cc(NC2CCCNC2)nc(-c2cnc3ccc(F)cn23)n1. The summed E-state index contributed by atoms with van der Waals surface area (Å²) < 4.78 is 15.2. The number of piperidine rings is 1. The molecule has 126 valence electrons. The summed E-state index contributed by atoms with van der Waals surface area (Å²) in [6.07, 6.45) is 5.04. The van der Waals surface area contributed by atoms with Crippen LogP contribution in [0.2, 0.25) is 0 Å². The molecule has 4 rings (SSSR count). The predicted molar refractivity (Wildman–Crippen MR) is 90.4 cm³/mol. The smallest absolute Gasteiger partial charge is 0.181 e. The van der Waals surface area contributed by atoms with Crippen LogP contribution in [0.4, 0.5) is 10.2 Å². The molecule has 1 unspecified atom stereocenters. The van der Waals surface area contributed by atoms with Crippen LogP contribution in [0, 0.1) is 17.1 Å². The van der Waals surface area contributed by atoms with E-state index in [0.717, 1.165) is 25.9 Å². The molecule has 1 fully saturated rings. The highest BCUT2D eigenvalue weighted by Crippen LogP contribution is 2.21. The summed E-state index contributed by atoms with van der Waals surface area (Å²) in [6.45, 7) is 1.87. The first-order valence-electron chi connectivity index (χ1n) is 8.12. The zero-order valence-electron chi connectivity index (χ0n) is 13.4. The summed E-state index contributed by atoms with van der Waals surface area (Å²) in [4.78, 5) is 13.0. The first-order valence-corrected chi connectivity index (χ1v) is 8.12. The van der Waals surface area contributed by atoms with Crippen LogP contribution in [-0.2, 0) is 0 Å². The van der Waals surface area contributed by atoms with Crippen molar-refractivity contribution in [1.82, 2.24) is 24.7 Å². The van der Waals surface area contributed by atoms with Crippen LogP contribution < -0.4 is 10.6 Å². The monoisotopic (exact) mass is 337 g/mol. The van der Waals surface area contributed by atoms with Crippen LogP contribution in [-0.4, -0.2) is 38.5 Å². The largest absolute Gasteiger partial charge is 0.366 e. The van der Waals surface area contributed by atoms with Crippen molar-refractivity contribution in [2.45, 2.75) is 18.9 Å². The highest BCUT2D eigenvalue weighted by atomic mass is 19.1. The topological polar surface area (TPSA) is 90.9 Å². The van der Waals surface area contributed by atoms with Crippen molar-refractivity contribution in [1.29, 1.82) is 5.26 Å². The van der Waals surface area contributed by atoms with E-state index in [1.54, 1.807) is 22.7 Å². The van der Waals surface area contributed by atoms with E-state index in [0.29, 0.717) is 23.0 Å². The highest BCUT2D eigenvalue weighted by molar-refractivity contribution is 5.59. The van der Waals surface area contributed by atoms with E-state index >= 15 is 0 Å². The maximum Gasteiger partial charge on any atom is 0.181 e. The van der Waals surface area contributed by atoms with Crippen molar-refractivity contribution in [2.24, 2.45) is 0 Å². The fourth-order valence-corrected chi connectivity index (χ4v) is 3.00. The Kier molecular flexibility index (Phi) is 3.99. The maximum atomic E-state index is 13.6. The van der Waals surface area contributed by atoms with Crippen molar-refractivity contribution in [3.05, 3.63) is 42.1 Å². The molecule has 1 aliphatic rings. The number of nitriles is 1. The summed E-state index contributed by atoms with van der Waals surface area (Å²) in [5.41, 5.74) is 1.38.